The minimum atomic E-state index is -0.161. The molecule has 1 aliphatic rings. The van der Waals surface area contributed by atoms with E-state index in [4.69, 9.17) is 4.74 Å². The van der Waals surface area contributed by atoms with Crippen LogP contribution in [-0.2, 0) is 4.74 Å². The van der Waals surface area contributed by atoms with Crippen molar-refractivity contribution in [1.29, 1.82) is 0 Å². The van der Waals surface area contributed by atoms with Gasteiger partial charge < -0.3 is 15.2 Å². The van der Waals surface area contributed by atoms with Gasteiger partial charge in [-0.1, -0.05) is 6.92 Å². The lowest BCUT2D eigenvalue weighted by atomic mass is 10.1. The van der Waals surface area contributed by atoms with Gasteiger partial charge in [0, 0.05) is 38.8 Å². The summed E-state index contributed by atoms with van der Waals surface area (Å²) in [6.45, 7) is 7.96. The zero-order chi connectivity index (χ0) is 12.0. The maximum absolute atomic E-state index is 9.48. The molecule has 0 aliphatic carbocycles. The molecule has 1 aliphatic heterocycles. The molecule has 0 aromatic heterocycles. The first-order chi connectivity index (χ1) is 7.67. The molecule has 0 bridgehead atoms. The Morgan fingerprint density at radius 2 is 2.31 bits per heavy atom. The average molecular weight is 230 g/mol. The normalized spacial score (nSPS) is 27.6. The molecule has 4 heteroatoms. The lowest BCUT2D eigenvalue weighted by Gasteiger charge is -2.30. The fraction of sp³-hybridized carbons (Fsp3) is 1.00. The molecule has 3 unspecified atom stereocenters. The third-order valence-corrected chi connectivity index (χ3v) is 3.45. The lowest BCUT2D eigenvalue weighted by Crippen LogP contribution is -2.43. The molecule has 16 heavy (non-hydrogen) atoms. The van der Waals surface area contributed by atoms with Gasteiger partial charge >= 0.3 is 0 Å². The second-order valence-electron chi connectivity index (χ2n) is 4.74. The molecule has 0 aromatic carbocycles. The monoisotopic (exact) mass is 230 g/mol. The number of β-amino-alcohol motifs (C(OH)–C–C–N with tert-alkyl or cyclic N) is 1. The first-order valence-corrected chi connectivity index (χ1v) is 6.31. The highest BCUT2D eigenvalue weighted by Crippen LogP contribution is 2.11. The second kappa shape index (κ2) is 7.22. The number of aliphatic hydroxyl groups excluding tert-OH is 1. The topological polar surface area (TPSA) is 44.7 Å². The van der Waals surface area contributed by atoms with E-state index in [-0.39, 0.29) is 6.10 Å². The molecule has 1 saturated heterocycles. The van der Waals surface area contributed by atoms with E-state index < -0.39 is 0 Å². The Balaban J connectivity index is 2.36. The van der Waals surface area contributed by atoms with Gasteiger partial charge in [-0.05, 0) is 19.8 Å². The summed E-state index contributed by atoms with van der Waals surface area (Å²) in [7, 11) is 1.74. The number of methoxy groups -OCH3 is 1. The highest BCUT2D eigenvalue weighted by Gasteiger charge is 2.25. The smallest absolute Gasteiger partial charge is 0.0680 e. The van der Waals surface area contributed by atoms with Gasteiger partial charge in [0.1, 0.15) is 0 Å². The van der Waals surface area contributed by atoms with Crippen LogP contribution in [0.2, 0.25) is 0 Å². The van der Waals surface area contributed by atoms with Crippen LogP contribution in [0.25, 0.3) is 0 Å². The standard InChI is InChI=1S/C12H26N2O2/c1-4-10(2)14(5-6-16-3)9-11-7-12(15)8-13-11/h10-13,15H,4-9H2,1-3H3. The minimum Gasteiger partial charge on any atom is -0.392 e. The van der Waals surface area contributed by atoms with Gasteiger partial charge in [0.2, 0.25) is 0 Å². The van der Waals surface area contributed by atoms with Crippen molar-refractivity contribution in [2.75, 3.05) is 33.4 Å². The van der Waals surface area contributed by atoms with E-state index in [2.05, 4.69) is 24.1 Å². The van der Waals surface area contributed by atoms with Crippen LogP contribution < -0.4 is 5.32 Å². The van der Waals surface area contributed by atoms with Crippen molar-refractivity contribution in [1.82, 2.24) is 10.2 Å². The number of rotatable bonds is 7. The van der Waals surface area contributed by atoms with Crippen LogP contribution >= 0.6 is 0 Å². The van der Waals surface area contributed by atoms with Gasteiger partial charge in [0.15, 0.2) is 0 Å². The predicted molar refractivity (Wildman–Crippen MR) is 65.6 cm³/mol. The van der Waals surface area contributed by atoms with Crippen molar-refractivity contribution in [3.63, 3.8) is 0 Å². The van der Waals surface area contributed by atoms with Gasteiger partial charge in [-0.2, -0.15) is 0 Å². The van der Waals surface area contributed by atoms with E-state index in [0.717, 1.165) is 39.1 Å². The number of ether oxygens (including phenoxy) is 1. The highest BCUT2D eigenvalue weighted by molar-refractivity contribution is 4.84. The zero-order valence-electron chi connectivity index (χ0n) is 10.8. The molecule has 0 aromatic rings. The average Bonchev–Trinajstić information content (AvgIpc) is 2.69. The van der Waals surface area contributed by atoms with Crippen LogP contribution in [-0.4, -0.2) is 61.5 Å². The zero-order valence-corrected chi connectivity index (χ0v) is 10.8. The molecule has 96 valence electrons. The Morgan fingerprint density at radius 3 is 2.81 bits per heavy atom. The summed E-state index contributed by atoms with van der Waals surface area (Å²) in [6, 6.07) is 1.01. The Labute approximate surface area is 99.0 Å². The second-order valence-corrected chi connectivity index (χ2v) is 4.74. The van der Waals surface area contributed by atoms with Crippen molar-refractivity contribution >= 4 is 0 Å². The van der Waals surface area contributed by atoms with Crippen LogP contribution in [0.1, 0.15) is 26.7 Å². The summed E-state index contributed by atoms with van der Waals surface area (Å²) in [5.74, 6) is 0. The summed E-state index contributed by atoms with van der Waals surface area (Å²) in [4.78, 5) is 2.44. The molecule has 3 atom stereocenters. The molecule has 2 N–H and O–H groups in total. The molecule has 1 heterocycles. The largest absolute Gasteiger partial charge is 0.392 e. The lowest BCUT2D eigenvalue weighted by molar-refractivity contribution is 0.114. The van der Waals surface area contributed by atoms with Crippen molar-refractivity contribution in [3.8, 4) is 0 Å². The Kier molecular flexibility index (Phi) is 6.28. The van der Waals surface area contributed by atoms with Crippen molar-refractivity contribution in [2.45, 2.75) is 44.9 Å². The number of nitrogens with one attached hydrogen (secondary N) is 1. The van der Waals surface area contributed by atoms with E-state index in [1.165, 1.54) is 0 Å². The fourth-order valence-corrected chi connectivity index (χ4v) is 2.18. The summed E-state index contributed by atoms with van der Waals surface area (Å²) < 4.78 is 5.14. The van der Waals surface area contributed by atoms with E-state index in [1.807, 2.05) is 0 Å². The van der Waals surface area contributed by atoms with E-state index in [1.54, 1.807) is 7.11 Å². The van der Waals surface area contributed by atoms with Crippen LogP contribution in [0.3, 0.4) is 0 Å². The summed E-state index contributed by atoms with van der Waals surface area (Å²) in [5.41, 5.74) is 0. The highest BCUT2D eigenvalue weighted by atomic mass is 16.5. The van der Waals surface area contributed by atoms with Crippen molar-refractivity contribution < 1.29 is 9.84 Å². The number of nitrogens with zero attached hydrogens (tertiary/aromatic N) is 1. The molecular weight excluding hydrogens is 204 g/mol. The van der Waals surface area contributed by atoms with Crippen molar-refractivity contribution in [2.24, 2.45) is 0 Å². The van der Waals surface area contributed by atoms with Crippen molar-refractivity contribution in [3.05, 3.63) is 0 Å². The first kappa shape index (κ1) is 13.9. The molecular formula is C12H26N2O2. The van der Waals surface area contributed by atoms with Gasteiger partial charge in [0.25, 0.3) is 0 Å². The Hall–Kier alpha value is -0.160. The third-order valence-electron chi connectivity index (χ3n) is 3.45. The Bertz CT molecular complexity index is 190. The molecule has 0 saturated carbocycles. The fourth-order valence-electron chi connectivity index (χ4n) is 2.18. The maximum atomic E-state index is 9.48. The van der Waals surface area contributed by atoms with Gasteiger partial charge in [-0.25, -0.2) is 0 Å². The quantitative estimate of drug-likeness (QED) is 0.667. The van der Waals surface area contributed by atoms with Crippen LogP contribution in [0, 0.1) is 0 Å². The Morgan fingerprint density at radius 1 is 1.56 bits per heavy atom. The van der Waals surface area contributed by atoms with Gasteiger partial charge in [-0.15, -0.1) is 0 Å². The molecule has 0 spiro atoms. The van der Waals surface area contributed by atoms with Crippen LogP contribution in [0.15, 0.2) is 0 Å². The number of hydrogen-bond acceptors (Lipinski definition) is 4. The third kappa shape index (κ3) is 4.37. The molecule has 1 fully saturated rings. The molecule has 1 rings (SSSR count). The first-order valence-electron chi connectivity index (χ1n) is 6.31. The van der Waals surface area contributed by atoms with Gasteiger partial charge in [-0.3, -0.25) is 4.90 Å². The number of aliphatic hydroxyl groups is 1. The predicted octanol–water partition coefficient (Wildman–Crippen LogP) is 0.456. The SMILES string of the molecule is CCC(C)N(CCOC)CC1CC(O)CN1. The van der Waals surface area contributed by atoms with E-state index >= 15 is 0 Å². The minimum absolute atomic E-state index is 0.161. The maximum Gasteiger partial charge on any atom is 0.0680 e. The van der Waals surface area contributed by atoms with Gasteiger partial charge in [0.05, 0.1) is 12.7 Å². The van der Waals surface area contributed by atoms with Crippen LogP contribution in [0.4, 0.5) is 0 Å². The summed E-state index contributed by atoms with van der Waals surface area (Å²) >= 11 is 0. The summed E-state index contributed by atoms with van der Waals surface area (Å²) in [5, 5.41) is 12.8. The summed E-state index contributed by atoms with van der Waals surface area (Å²) in [6.07, 6.45) is 1.87. The molecule has 4 nitrogen and oxygen atoms in total. The molecule has 0 radical (unpaired) electrons. The molecule has 0 amide bonds. The number of hydrogen-bond donors (Lipinski definition) is 2. The van der Waals surface area contributed by atoms with Crippen LogP contribution in [0.5, 0.6) is 0 Å². The van der Waals surface area contributed by atoms with E-state index in [0.29, 0.717) is 12.1 Å². The van der Waals surface area contributed by atoms with E-state index in [9.17, 15) is 5.11 Å².